The first kappa shape index (κ1) is 14.8. The molecule has 1 heterocycles. The van der Waals surface area contributed by atoms with Gasteiger partial charge in [-0.05, 0) is 32.0 Å². The van der Waals surface area contributed by atoms with Crippen molar-refractivity contribution in [1.29, 1.82) is 0 Å². The van der Waals surface area contributed by atoms with E-state index >= 15 is 0 Å². The van der Waals surface area contributed by atoms with Crippen molar-refractivity contribution < 1.29 is 13.9 Å². The smallest absolute Gasteiger partial charge is 0.340 e. The van der Waals surface area contributed by atoms with Gasteiger partial charge in [0, 0.05) is 17.4 Å². The molecule has 0 atom stereocenters. The zero-order valence-corrected chi connectivity index (χ0v) is 11.8. The van der Waals surface area contributed by atoms with Gasteiger partial charge in [0.2, 0.25) is 0 Å². The molecule has 0 aliphatic rings. The number of nitrogen functional groups attached to an aromatic ring is 1. The topological polar surface area (TPSA) is 77.2 Å². The Labute approximate surface area is 121 Å². The van der Waals surface area contributed by atoms with Gasteiger partial charge in [0.05, 0.1) is 17.9 Å². The molecule has 0 amide bonds. The van der Waals surface area contributed by atoms with Crippen molar-refractivity contribution in [1.82, 2.24) is 4.98 Å². The Morgan fingerprint density at radius 2 is 2.19 bits per heavy atom. The van der Waals surface area contributed by atoms with Crippen LogP contribution in [-0.4, -0.2) is 17.6 Å². The van der Waals surface area contributed by atoms with Crippen LogP contribution in [0.2, 0.25) is 0 Å². The lowest BCUT2D eigenvalue weighted by molar-refractivity contribution is 0.0527. The van der Waals surface area contributed by atoms with Gasteiger partial charge >= 0.3 is 5.97 Å². The molecule has 2 rings (SSSR count). The summed E-state index contributed by atoms with van der Waals surface area (Å²) >= 11 is 0. The first-order chi connectivity index (χ1) is 10.0. The van der Waals surface area contributed by atoms with E-state index in [1.54, 1.807) is 26.0 Å². The Bertz CT molecular complexity index is 674. The van der Waals surface area contributed by atoms with E-state index in [2.05, 4.69) is 10.3 Å². The number of rotatable bonds is 4. The zero-order chi connectivity index (χ0) is 15.4. The molecule has 0 bridgehead atoms. The van der Waals surface area contributed by atoms with Gasteiger partial charge in [0.15, 0.2) is 5.82 Å². The molecule has 21 heavy (non-hydrogen) atoms. The van der Waals surface area contributed by atoms with E-state index in [1.165, 1.54) is 18.3 Å². The molecule has 0 unspecified atom stereocenters. The number of hydrogen-bond donors (Lipinski definition) is 2. The van der Waals surface area contributed by atoms with Gasteiger partial charge in [0.1, 0.15) is 5.82 Å². The van der Waals surface area contributed by atoms with Gasteiger partial charge in [-0.1, -0.05) is 6.07 Å². The standard InChI is InChI=1S/C15H16FN3O2/c1-3-21-15(20)10-7-8-18-14(13(10)17)19-12-6-4-5-11(16)9(12)2/h4-8H,3,17H2,1-2H3,(H,18,19). The van der Waals surface area contributed by atoms with Crippen molar-refractivity contribution >= 4 is 23.2 Å². The number of esters is 1. The SMILES string of the molecule is CCOC(=O)c1ccnc(Nc2cccc(F)c2C)c1N. The number of halogens is 1. The number of hydrogen-bond acceptors (Lipinski definition) is 5. The van der Waals surface area contributed by atoms with Gasteiger partial charge < -0.3 is 15.8 Å². The highest BCUT2D eigenvalue weighted by atomic mass is 19.1. The van der Waals surface area contributed by atoms with Crippen LogP contribution >= 0.6 is 0 Å². The van der Waals surface area contributed by atoms with E-state index in [-0.39, 0.29) is 29.5 Å². The van der Waals surface area contributed by atoms with Gasteiger partial charge in [-0.25, -0.2) is 14.2 Å². The highest BCUT2D eigenvalue weighted by Gasteiger charge is 2.15. The van der Waals surface area contributed by atoms with E-state index in [1.807, 2.05) is 0 Å². The molecule has 0 spiro atoms. The molecule has 2 aromatic rings. The van der Waals surface area contributed by atoms with Gasteiger partial charge in [-0.2, -0.15) is 0 Å². The van der Waals surface area contributed by atoms with Crippen LogP contribution in [0.3, 0.4) is 0 Å². The summed E-state index contributed by atoms with van der Waals surface area (Å²) in [5, 5.41) is 2.93. The molecule has 0 fully saturated rings. The second-order valence-electron chi connectivity index (χ2n) is 4.38. The second-order valence-corrected chi connectivity index (χ2v) is 4.38. The quantitative estimate of drug-likeness (QED) is 0.846. The molecule has 0 aliphatic carbocycles. The first-order valence-corrected chi connectivity index (χ1v) is 6.48. The lowest BCUT2D eigenvalue weighted by Gasteiger charge is -2.13. The largest absolute Gasteiger partial charge is 0.462 e. The summed E-state index contributed by atoms with van der Waals surface area (Å²) in [5.74, 6) is -0.564. The van der Waals surface area contributed by atoms with Crippen LogP contribution in [0.15, 0.2) is 30.5 Å². The summed E-state index contributed by atoms with van der Waals surface area (Å²) in [6, 6.07) is 6.13. The molecular formula is C15H16FN3O2. The molecular weight excluding hydrogens is 273 g/mol. The lowest BCUT2D eigenvalue weighted by atomic mass is 10.1. The molecule has 6 heteroatoms. The van der Waals surface area contributed by atoms with E-state index < -0.39 is 5.97 Å². The lowest BCUT2D eigenvalue weighted by Crippen LogP contribution is -2.10. The molecule has 5 nitrogen and oxygen atoms in total. The van der Waals surface area contributed by atoms with Crippen LogP contribution in [0.25, 0.3) is 0 Å². The van der Waals surface area contributed by atoms with E-state index in [9.17, 15) is 9.18 Å². The summed E-state index contributed by atoms with van der Waals surface area (Å²) in [6.45, 7) is 3.61. The van der Waals surface area contributed by atoms with E-state index in [4.69, 9.17) is 10.5 Å². The van der Waals surface area contributed by atoms with Crippen LogP contribution in [0.4, 0.5) is 21.6 Å². The highest BCUT2D eigenvalue weighted by Crippen LogP contribution is 2.27. The minimum Gasteiger partial charge on any atom is -0.462 e. The maximum absolute atomic E-state index is 13.5. The minimum atomic E-state index is -0.517. The molecule has 3 N–H and O–H groups in total. The third-order valence-electron chi connectivity index (χ3n) is 3.01. The zero-order valence-electron chi connectivity index (χ0n) is 11.8. The van der Waals surface area contributed by atoms with Crippen LogP contribution < -0.4 is 11.1 Å². The van der Waals surface area contributed by atoms with Crippen molar-refractivity contribution in [3.05, 3.63) is 47.4 Å². The minimum absolute atomic E-state index is 0.166. The fraction of sp³-hybridized carbons (Fsp3) is 0.200. The molecule has 110 valence electrons. The summed E-state index contributed by atoms with van der Waals surface area (Å²) in [7, 11) is 0. The molecule has 0 saturated heterocycles. The molecule has 0 aliphatic heterocycles. The second kappa shape index (κ2) is 6.21. The normalized spacial score (nSPS) is 10.2. The summed E-state index contributed by atoms with van der Waals surface area (Å²) < 4.78 is 18.4. The predicted molar refractivity (Wildman–Crippen MR) is 79.0 cm³/mol. The van der Waals surface area contributed by atoms with Crippen molar-refractivity contribution in [3.63, 3.8) is 0 Å². The number of anilines is 3. The van der Waals surface area contributed by atoms with Crippen molar-refractivity contribution in [3.8, 4) is 0 Å². The number of pyridine rings is 1. The fourth-order valence-electron chi connectivity index (χ4n) is 1.83. The van der Waals surface area contributed by atoms with E-state index in [0.29, 0.717) is 11.3 Å². The Balaban J connectivity index is 2.35. The number of nitrogens with two attached hydrogens (primary N) is 1. The van der Waals surface area contributed by atoms with Gasteiger partial charge in [0.25, 0.3) is 0 Å². The number of nitrogens with one attached hydrogen (secondary N) is 1. The molecule has 1 aromatic carbocycles. The van der Waals surface area contributed by atoms with Crippen LogP contribution in [-0.2, 0) is 4.74 Å². The first-order valence-electron chi connectivity index (χ1n) is 6.48. The number of nitrogens with zero attached hydrogens (tertiary/aromatic N) is 1. The predicted octanol–water partition coefficient (Wildman–Crippen LogP) is 3.03. The van der Waals surface area contributed by atoms with Gasteiger partial charge in [-0.15, -0.1) is 0 Å². The monoisotopic (exact) mass is 289 g/mol. The van der Waals surface area contributed by atoms with Gasteiger partial charge in [-0.3, -0.25) is 0 Å². The van der Waals surface area contributed by atoms with Crippen molar-refractivity contribution in [2.24, 2.45) is 0 Å². The fourth-order valence-corrected chi connectivity index (χ4v) is 1.83. The van der Waals surface area contributed by atoms with Crippen molar-refractivity contribution in [2.45, 2.75) is 13.8 Å². The Morgan fingerprint density at radius 3 is 2.90 bits per heavy atom. The number of carbonyl (C=O) groups is 1. The number of aromatic nitrogens is 1. The highest BCUT2D eigenvalue weighted by molar-refractivity contribution is 5.98. The van der Waals surface area contributed by atoms with Crippen LogP contribution in [0, 0.1) is 12.7 Å². The number of ether oxygens (including phenoxy) is 1. The average molecular weight is 289 g/mol. The average Bonchev–Trinajstić information content (AvgIpc) is 2.46. The summed E-state index contributed by atoms with van der Waals surface area (Å²) in [6.07, 6.45) is 1.44. The number of carbonyl (C=O) groups excluding carboxylic acids is 1. The molecule has 1 aromatic heterocycles. The third kappa shape index (κ3) is 3.10. The molecule has 0 saturated carbocycles. The Morgan fingerprint density at radius 1 is 1.43 bits per heavy atom. The van der Waals surface area contributed by atoms with Crippen LogP contribution in [0.5, 0.6) is 0 Å². The number of benzene rings is 1. The summed E-state index contributed by atoms with van der Waals surface area (Å²) in [5.41, 5.74) is 7.30. The van der Waals surface area contributed by atoms with E-state index in [0.717, 1.165) is 0 Å². The Hall–Kier alpha value is -2.63. The maximum atomic E-state index is 13.5. The van der Waals surface area contributed by atoms with Crippen molar-refractivity contribution in [2.75, 3.05) is 17.7 Å². The Kier molecular flexibility index (Phi) is 4.37. The molecule has 0 radical (unpaired) electrons. The van der Waals surface area contributed by atoms with Crippen LogP contribution in [0.1, 0.15) is 22.8 Å². The third-order valence-corrected chi connectivity index (χ3v) is 3.01. The summed E-state index contributed by atoms with van der Waals surface area (Å²) in [4.78, 5) is 15.9. The maximum Gasteiger partial charge on any atom is 0.340 e.